The number of pyridine rings is 3. The van der Waals surface area contributed by atoms with Gasteiger partial charge in [0.2, 0.25) is 0 Å². The predicted octanol–water partition coefficient (Wildman–Crippen LogP) is 2.82. The van der Waals surface area contributed by atoms with E-state index in [2.05, 4.69) is 20.1 Å². The SMILES string of the molecule is O=C(c1ccccn1)N1CC[C@@H](c2nc3ccc(-c4cccnc4)cn3n2)C1. The molecule has 4 aromatic rings. The molecule has 0 aromatic carbocycles. The molecule has 1 fully saturated rings. The summed E-state index contributed by atoms with van der Waals surface area (Å²) >= 11 is 0. The van der Waals surface area contributed by atoms with Crippen LogP contribution >= 0.6 is 0 Å². The molecule has 0 bridgehead atoms. The van der Waals surface area contributed by atoms with E-state index in [9.17, 15) is 4.79 Å². The summed E-state index contributed by atoms with van der Waals surface area (Å²) in [5.74, 6) is 0.875. The summed E-state index contributed by atoms with van der Waals surface area (Å²) in [6.07, 6.45) is 8.05. The van der Waals surface area contributed by atoms with Crippen LogP contribution in [0.3, 0.4) is 0 Å². The Kier molecular flexibility index (Phi) is 4.05. The quantitative estimate of drug-likeness (QED) is 0.554. The van der Waals surface area contributed by atoms with Gasteiger partial charge in [0.25, 0.3) is 5.91 Å². The third-order valence-electron chi connectivity index (χ3n) is 5.07. The van der Waals surface area contributed by atoms with Crippen molar-refractivity contribution < 1.29 is 4.79 Å². The summed E-state index contributed by atoms with van der Waals surface area (Å²) in [4.78, 5) is 27.5. The van der Waals surface area contributed by atoms with E-state index in [0.717, 1.165) is 29.0 Å². The third kappa shape index (κ3) is 3.00. The van der Waals surface area contributed by atoms with Gasteiger partial charge in [-0.25, -0.2) is 9.50 Å². The van der Waals surface area contributed by atoms with E-state index in [1.54, 1.807) is 23.0 Å². The summed E-state index contributed by atoms with van der Waals surface area (Å²) in [7, 11) is 0. The van der Waals surface area contributed by atoms with Crippen molar-refractivity contribution in [2.24, 2.45) is 0 Å². The first-order valence-corrected chi connectivity index (χ1v) is 9.25. The summed E-state index contributed by atoms with van der Waals surface area (Å²) in [5, 5.41) is 4.68. The molecule has 5 heterocycles. The molecule has 0 unspecified atom stereocenters. The minimum Gasteiger partial charge on any atom is -0.337 e. The van der Waals surface area contributed by atoms with Gasteiger partial charge in [-0.05, 0) is 36.8 Å². The van der Waals surface area contributed by atoms with E-state index < -0.39 is 0 Å². The van der Waals surface area contributed by atoms with E-state index >= 15 is 0 Å². The number of likely N-dealkylation sites (tertiary alicyclic amines) is 1. The van der Waals surface area contributed by atoms with Gasteiger partial charge in [0.1, 0.15) is 5.69 Å². The van der Waals surface area contributed by atoms with E-state index in [0.29, 0.717) is 18.8 Å². The summed E-state index contributed by atoms with van der Waals surface area (Å²) in [5.41, 5.74) is 3.36. The fraction of sp³-hybridized carbons (Fsp3) is 0.190. The van der Waals surface area contributed by atoms with Crippen molar-refractivity contribution >= 4 is 11.6 Å². The number of hydrogen-bond acceptors (Lipinski definition) is 5. The van der Waals surface area contributed by atoms with Crippen LogP contribution in [0, 0.1) is 0 Å². The number of amides is 1. The van der Waals surface area contributed by atoms with E-state index in [4.69, 9.17) is 0 Å². The minimum atomic E-state index is -0.0364. The second-order valence-electron chi connectivity index (χ2n) is 6.88. The zero-order chi connectivity index (χ0) is 18.9. The smallest absolute Gasteiger partial charge is 0.272 e. The number of rotatable bonds is 3. The van der Waals surface area contributed by atoms with Gasteiger partial charge >= 0.3 is 0 Å². The van der Waals surface area contributed by atoms with Crippen LogP contribution in [0.1, 0.15) is 28.7 Å². The highest BCUT2D eigenvalue weighted by Gasteiger charge is 2.31. The highest BCUT2D eigenvalue weighted by atomic mass is 16.2. The maximum Gasteiger partial charge on any atom is 0.272 e. The van der Waals surface area contributed by atoms with E-state index in [-0.39, 0.29) is 11.8 Å². The first-order chi connectivity index (χ1) is 13.8. The van der Waals surface area contributed by atoms with Crippen LogP contribution in [0.2, 0.25) is 0 Å². The summed E-state index contributed by atoms with van der Waals surface area (Å²) in [6, 6.07) is 13.3. The molecular weight excluding hydrogens is 352 g/mol. The lowest BCUT2D eigenvalue weighted by Gasteiger charge is -2.15. The fourth-order valence-electron chi connectivity index (χ4n) is 3.58. The Balaban J connectivity index is 1.37. The molecule has 1 aliphatic rings. The van der Waals surface area contributed by atoms with Crippen LogP contribution < -0.4 is 0 Å². The molecule has 5 rings (SSSR count). The van der Waals surface area contributed by atoms with Gasteiger partial charge in [0, 0.05) is 54.9 Å². The Morgan fingerprint density at radius 1 is 1.04 bits per heavy atom. The van der Waals surface area contributed by atoms with Gasteiger partial charge < -0.3 is 4.90 Å². The Hall–Kier alpha value is -3.61. The zero-order valence-electron chi connectivity index (χ0n) is 15.1. The Morgan fingerprint density at radius 3 is 2.82 bits per heavy atom. The maximum absolute atomic E-state index is 12.6. The van der Waals surface area contributed by atoms with Gasteiger partial charge in [-0.1, -0.05) is 12.1 Å². The number of aromatic nitrogens is 5. The van der Waals surface area contributed by atoms with Crippen LogP contribution in [-0.2, 0) is 0 Å². The van der Waals surface area contributed by atoms with Crippen molar-refractivity contribution in [1.29, 1.82) is 0 Å². The Labute approximate surface area is 161 Å². The average molecular weight is 370 g/mol. The number of nitrogens with zero attached hydrogens (tertiary/aromatic N) is 6. The van der Waals surface area contributed by atoms with Gasteiger partial charge in [-0.15, -0.1) is 0 Å². The molecule has 1 saturated heterocycles. The molecule has 0 aliphatic carbocycles. The summed E-state index contributed by atoms with van der Waals surface area (Å²) < 4.78 is 1.81. The van der Waals surface area contributed by atoms with Crippen molar-refractivity contribution in [3.05, 3.63) is 78.8 Å². The van der Waals surface area contributed by atoms with Crippen molar-refractivity contribution in [3.63, 3.8) is 0 Å². The van der Waals surface area contributed by atoms with Gasteiger partial charge in [0.05, 0.1) is 0 Å². The van der Waals surface area contributed by atoms with Gasteiger partial charge in [-0.3, -0.25) is 14.8 Å². The van der Waals surface area contributed by atoms with E-state index in [1.165, 1.54) is 0 Å². The van der Waals surface area contributed by atoms with Crippen LogP contribution in [0.5, 0.6) is 0 Å². The van der Waals surface area contributed by atoms with Crippen LogP contribution in [0.4, 0.5) is 0 Å². The average Bonchev–Trinajstić information content (AvgIpc) is 3.41. The minimum absolute atomic E-state index is 0.0364. The van der Waals surface area contributed by atoms with Crippen molar-refractivity contribution in [3.8, 4) is 11.1 Å². The number of carbonyl (C=O) groups excluding carboxylic acids is 1. The molecule has 7 heteroatoms. The highest BCUT2D eigenvalue weighted by Crippen LogP contribution is 2.27. The Morgan fingerprint density at radius 2 is 2.00 bits per heavy atom. The second kappa shape index (κ2) is 6.84. The second-order valence-corrected chi connectivity index (χ2v) is 6.88. The van der Waals surface area contributed by atoms with Gasteiger partial charge in [-0.2, -0.15) is 5.10 Å². The fourth-order valence-corrected chi connectivity index (χ4v) is 3.58. The van der Waals surface area contributed by atoms with Gasteiger partial charge in [0.15, 0.2) is 11.5 Å². The van der Waals surface area contributed by atoms with E-state index in [1.807, 2.05) is 53.7 Å². The lowest BCUT2D eigenvalue weighted by Crippen LogP contribution is -2.29. The van der Waals surface area contributed by atoms with Crippen molar-refractivity contribution in [1.82, 2.24) is 29.5 Å². The lowest BCUT2D eigenvalue weighted by atomic mass is 10.1. The first kappa shape index (κ1) is 16.6. The number of fused-ring (bicyclic) bond motifs is 1. The molecule has 1 aliphatic heterocycles. The summed E-state index contributed by atoms with van der Waals surface area (Å²) in [6.45, 7) is 1.30. The molecule has 0 radical (unpaired) electrons. The predicted molar refractivity (Wildman–Crippen MR) is 104 cm³/mol. The lowest BCUT2D eigenvalue weighted by molar-refractivity contribution is 0.0784. The molecule has 0 spiro atoms. The van der Waals surface area contributed by atoms with Crippen LogP contribution in [0.25, 0.3) is 16.8 Å². The largest absolute Gasteiger partial charge is 0.337 e. The molecule has 28 heavy (non-hydrogen) atoms. The monoisotopic (exact) mass is 370 g/mol. The number of hydrogen-bond donors (Lipinski definition) is 0. The van der Waals surface area contributed by atoms with Crippen LogP contribution in [-0.4, -0.2) is 48.5 Å². The molecule has 7 nitrogen and oxygen atoms in total. The molecule has 0 saturated carbocycles. The standard InChI is InChI=1S/C21H18N6O/c28-21(18-5-1-2-10-23-18)26-11-8-17(13-26)20-24-19-7-6-16(14-27(19)25-20)15-4-3-9-22-12-15/h1-7,9-10,12,14,17H,8,11,13H2/t17-/m1/s1. The molecule has 1 amide bonds. The van der Waals surface area contributed by atoms with Crippen LogP contribution in [0.15, 0.2) is 67.3 Å². The first-order valence-electron chi connectivity index (χ1n) is 9.25. The molecule has 138 valence electrons. The molecule has 4 aromatic heterocycles. The molecular formula is C21H18N6O. The zero-order valence-corrected chi connectivity index (χ0v) is 15.1. The molecule has 0 N–H and O–H groups in total. The Bertz CT molecular complexity index is 1130. The van der Waals surface area contributed by atoms with Crippen molar-refractivity contribution in [2.45, 2.75) is 12.3 Å². The topological polar surface area (TPSA) is 76.3 Å². The third-order valence-corrected chi connectivity index (χ3v) is 5.07. The van der Waals surface area contributed by atoms with Crippen molar-refractivity contribution in [2.75, 3.05) is 13.1 Å². The number of carbonyl (C=O) groups is 1. The normalized spacial score (nSPS) is 16.6. The highest BCUT2D eigenvalue weighted by molar-refractivity contribution is 5.92. The molecule has 1 atom stereocenters. The maximum atomic E-state index is 12.6.